The van der Waals surface area contributed by atoms with Crippen LogP contribution < -0.4 is 9.47 Å². The Morgan fingerprint density at radius 2 is 0.871 bits per heavy atom. The molecular weight excluding hydrogens is 777 g/mol. The second-order valence-corrected chi connectivity index (χ2v) is 18.2. The van der Waals surface area contributed by atoms with Crippen molar-refractivity contribution < 1.29 is 29.2 Å². The first-order chi connectivity index (χ1) is 30.5. The molecule has 4 aliphatic carbocycles. The first-order valence-electron chi connectivity index (χ1n) is 23.2. The van der Waals surface area contributed by atoms with E-state index in [1.54, 1.807) is 14.2 Å². The molecule has 10 rings (SSSR count). The minimum Gasteiger partial charge on any atom is -0.491 e. The van der Waals surface area contributed by atoms with E-state index >= 15 is 0 Å². The van der Waals surface area contributed by atoms with Gasteiger partial charge in [-0.05, 0) is 171 Å². The van der Waals surface area contributed by atoms with E-state index in [2.05, 4.69) is 83.0 Å². The lowest BCUT2D eigenvalue weighted by Crippen LogP contribution is -2.21. The van der Waals surface area contributed by atoms with E-state index in [1.165, 1.54) is 47.9 Å². The van der Waals surface area contributed by atoms with Crippen molar-refractivity contribution in [3.05, 3.63) is 131 Å². The monoisotopic (exact) mass is 840 g/mol. The Morgan fingerprint density at radius 1 is 0.500 bits per heavy atom. The molecule has 328 valence electrons. The summed E-state index contributed by atoms with van der Waals surface area (Å²) in [5, 5.41) is 22.9. The summed E-state index contributed by atoms with van der Waals surface area (Å²) in [6, 6.07) is 21.4. The molecule has 4 aliphatic rings. The lowest BCUT2D eigenvalue weighted by Gasteiger charge is -2.33. The predicted octanol–water partition coefficient (Wildman–Crippen LogP) is 10.5. The summed E-state index contributed by atoms with van der Waals surface area (Å²) < 4.78 is 25.5. The van der Waals surface area contributed by atoms with Gasteiger partial charge in [-0.2, -0.15) is 0 Å². The molecule has 4 saturated carbocycles. The molecule has 62 heavy (non-hydrogen) atoms. The molecule has 4 fully saturated rings. The zero-order valence-corrected chi connectivity index (χ0v) is 36.5. The van der Waals surface area contributed by atoms with Crippen LogP contribution in [0.2, 0.25) is 0 Å². The van der Waals surface area contributed by atoms with E-state index in [-0.39, 0.29) is 0 Å². The van der Waals surface area contributed by atoms with Gasteiger partial charge in [-0.1, -0.05) is 24.3 Å². The highest BCUT2D eigenvalue weighted by Crippen LogP contribution is 2.49. The van der Waals surface area contributed by atoms with E-state index < -0.39 is 12.2 Å². The Labute approximate surface area is 366 Å². The number of aromatic nitrogens is 4. The smallest absolute Gasteiger partial charge is 0.119 e. The van der Waals surface area contributed by atoms with Crippen LogP contribution in [0.5, 0.6) is 11.5 Å². The number of benzene rings is 2. The maximum absolute atomic E-state index is 11.4. The molecule has 0 amide bonds. The highest BCUT2D eigenvalue weighted by molar-refractivity contribution is 5.60. The van der Waals surface area contributed by atoms with Crippen LogP contribution >= 0.6 is 0 Å². The first kappa shape index (κ1) is 42.6. The van der Waals surface area contributed by atoms with E-state index in [4.69, 9.17) is 18.9 Å². The van der Waals surface area contributed by atoms with Gasteiger partial charge in [0, 0.05) is 37.7 Å². The van der Waals surface area contributed by atoms with Crippen LogP contribution in [0, 0.1) is 11.8 Å². The number of hydrogen-bond donors (Lipinski definition) is 2. The van der Waals surface area contributed by atoms with Gasteiger partial charge in [0.25, 0.3) is 0 Å². The number of ether oxygens (including phenoxy) is 4. The maximum Gasteiger partial charge on any atom is 0.119 e. The van der Waals surface area contributed by atoms with Crippen molar-refractivity contribution in [2.24, 2.45) is 11.8 Å². The number of pyridine rings is 2. The number of hydrogen-bond acceptors (Lipinski definition) is 8. The first-order valence-corrected chi connectivity index (χ1v) is 23.2. The Morgan fingerprint density at radius 3 is 1.23 bits per heavy atom. The van der Waals surface area contributed by atoms with Crippen LogP contribution in [0.15, 0.2) is 98.1 Å². The fourth-order valence-electron chi connectivity index (χ4n) is 10.4. The van der Waals surface area contributed by atoms with Gasteiger partial charge in [-0.3, -0.25) is 0 Å². The normalized spacial score (nSPS) is 22.5. The van der Waals surface area contributed by atoms with E-state index in [0.29, 0.717) is 61.9 Å². The van der Waals surface area contributed by atoms with Gasteiger partial charge >= 0.3 is 0 Å². The molecule has 4 heterocycles. The lowest BCUT2D eigenvalue weighted by atomic mass is 9.75. The van der Waals surface area contributed by atoms with Gasteiger partial charge in [0.2, 0.25) is 0 Å². The van der Waals surface area contributed by atoms with Crippen molar-refractivity contribution >= 4 is 11.0 Å². The van der Waals surface area contributed by atoms with Gasteiger partial charge in [0.05, 0.1) is 61.5 Å². The molecule has 0 spiro atoms. The van der Waals surface area contributed by atoms with Crippen LogP contribution in [-0.2, 0) is 9.47 Å². The van der Waals surface area contributed by atoms with Crippen LogP contribution in [0.1, 0.15) is 146 Å². The highest BCUT2D eigenvalue weighted by Gasteiger charge is 2.36. The van der Waals surface area contributed by atoms with Crippen molar-refractivity contribution in [2.45, 2.75) is 113 Å². The van der Waals surface area contributed by atoms with Gasteiger partial charge in [-0.25, -0.2) is 9.97 Å². The predicted molar refractivity (Wildman–Crippen MR) is 241 cm³/mol. The third-order valence-corrected chi connectivity index (χ3v) is 14.2. The van der Waals surface area contributed by atoms with Crippen molar-refractivity contribution in [2.75, 3.05) is 40.6 Å². The average molecular weight is 841 g/mol. The number of nitrogens with zero attached hydrogens (tertiary/aromatic N) is 4. The lowest BCUT2D eigenvalue weighted by molar-refractivity contribution is 0.0808. The number of fused-ring (bicyclic) bond motifs is 2. The number of aliphatic hydroxyl groups is 2. The molecule has 2 N–H and O–H groups in total. The summed E-state index contributed by atoms with van der Waals surface area (Å²) in [5.74, 6) is 4.77. The molecule has 4 aromatic heterocycles. The van der Waals surface area contributed by atoms with E-state index in [1.807, 2.05) is 33.8 Å². The Balaban J connectivity index is 0.000000158. The van der Waals surface area contributed by atoms with Gasteiger partial charge in [0.1, 0.15) is 24.7 Å². The zero-order chi connectivity index (χ0) is 42.4. The largest absolute Gasteiger partial charge is 0.491 e. The molecule has 2 atom stereocenters. The third kappa shape index (κ3) is 9.74. The summed E-state index contributed by atoms with van der Waals surface area (Å²) in [6.07, 6.45) is 24.5. The van der Waals surface area contributed by atoms with Crippen molar-refractivity contribution in [3.63, 3.8) is 0 Å². The summed E-state index contributed by atoms with van der Waals surface area (Å²) in [7, 11) is 3.37. The van der Waals surface area contributed by atoms with Gasteiger partial charge < -0.3 is 38.0 Å². The average Bonchev–Trinajstić information content (AvgIpc) is 4.25. The standard InChI is InChI=1S/2C26H32N2O3/c2*1-30-14-15-31-22-10-8-19(9-11-22)18-2-6-21(7-3-18)26(29)25-23(20-4-5-20)12-13-28-17-27-16-24(25)28/h2*8-13,16-18,20-21,26,29H,2-7,14-15H2,1H3/t2*18?,21?,26-/m10/s1. The number of rotatable bonds is 16. The molecule has 2 aromatic carbocycles. The second-order valence-electron chi connectivity index (χ2n) is 18.2. The molecule has 10 nitrogen and oxygen atoms in total. The Hall–Kier alpha value is -4.74. The summed E-state index contributed by atoms with van der Waals surface area (Å²) >= 11 is 0. The minimum atomic E-state index is -0.409. The molecule has 10 heteroatoms. The second kappa shape index (κ2) is 19.8. The summed E-state index contributed by atoms with van der Waals surface area (Å²) in [4.78, 5) is 8.65. The number of aliphatic hydroxyl groups excluding tert-OH is 2. The Kier molecular flexibility index (Phi) is 13.6. The topological polar surface area (TPSA) is 112 Å². The molecule has 0 unspecified atom stereocenters. The molecule has 0 bridgehead atoms. The van der Waals surface area contributed by atoms with Gasteiger partial charge in [0.15, 0.2) is 0 Å². The number of methoxy groups -OCH3 is 2. The summed E-state index contributed by atoms with van der Waals surface area (Å²) in [5.41, 5.74) is 9.84. The van der Waals surface area contributed by atoms with Crippen LogP contribution in [0.25, 0.3) is 11.0 Å². The fourth-order valence-corrected chi connectivity index (χ4v) is 10.4. The molecule has 0 radical (unpaired) electrons. The Bertz CT molecular complexity index is 2170. The van der Waals surface area contributed by atoms with Gasteiger partial charge in [-0.15, -0.1) is 0 Å². The zero-order valence-electron chi connectivity index (χ0n) is 36.5. The number of imidazole rings is 2. The molecule has 0 aliphatic heterocycles. The minimum absolute atomic E-state index is 0.312. The van der Waals surface area contributed by atoms with Crippen molar-refractivity contribution in [1.82, 2.24) is 18.8 Å². The van der Waals surface area contributed by atoms with Crippen LogP contribution in [-0.4, -0.2) is 69.6 Å². The molecular formula is C52H64N4O6. The van der Waals surface area contributed by atoms with Crippen molar-refractivity contribution in [1.29, 1.82) is 0 Å². The quantitative estimate of drug-likeness (QED) is 0.0927. The van der Waals surface area contributed by atoms with E-state index in [9.17, 15) is 10.2 Å². The molecule has 0 saturated heterocycles. The third-order valence-electron chi connectivity index (χ3n) is 14.2. The fraction of sp³-hybridized carbons (Fsp3) is 0.500. The highest BCUT2D eigenvalue weighted by atomic mass is 16.5. The van der Waals surface area contributed by atoms with Crippen molar-refractivity contribution in [3.8, 4) is 11.5 Å². The molecule has 6 aromatic rings. The van der Waals surface area contributed by atoms with Crippen LogP contribution in [0.3, 0.4) is 0 Å². The SMILES string of the molecule is COCCOc1ccc(C2CCC([C@@H](O)c3c(C4CC4)ccn4cncc34)CC2)cc1.COCCOc1ccc(C2CCC([C@H](O)c3c(C4CC4)ccn4cncc34)CC2)cc1. The van der Waals surface area contributed by atoms with Crippen LogP contribution in [0.4, 0.5) is 0 Å². The maximum atomic E-state index is 11.4. The summed E-state index contributed by atoms with van der Waals surface area (Å²) in [6.45, 7) is 2.35. The van der Waals surface area contributed by atoms with E-state index in [0.717, 1.165) is 85.0 Å².